The maximum absolute atomic E-state index is 12.5. The number of nitrogens with zero attached hydrogens (tertiary/aromatic N) is 8. The molecule has 2 aliphatic heterocycles. The van der Waals surface area contributed by atoms with Gasteiger partial charge < -0.3 is 79.1 Å². The van der Waals surface area contributed by atoms with Gasteiger partial charge in [0.25, 0.3) is 15.6 Å². The molecule has 0 amide bonds. The monoisotopic (exact) mass is 864 g/mol. The van der Waals surface area contributed by atoms with Crippen LogP contribution in [0.15, 0.2) is 25.3 Å². The number of halogens is 1. The van der Waals surface area contributed by atoms with E-state index < -0.39 is 98.0 Å². The molecule has 4 aromatic heterocycles. The number of aliphatic hydroxyl groups is 4. The van der Waals surface area contributed by atoms with Crippen molar-refractivity contribution >= 4 is 76.4 Å². The highest BCUT2D eigenvalue weighted by Crippen LogP contribution is 2.71. The number of alkyl halides is 1. The van der Waals surface area contributed by atoms with Crippen LogP contribution in [0.3, 0.4) is 0 Å². The Morgan fingerprint density at radius 1 is 0.685 bits per heavy atom. The molecule has 0 aliphatic carbocycles. The van der Waals surface area contributed by atoms with Crippen molar-refractivity contribution in [1.29, 1.82) is 0 Å². The first-order valence-corrected chi connectivity index (χ1v) is 21.2. The van der Waals surface area contributed by atoms with Gasteiger partial charge in [-0.3, -0.25) is 26.9 Å². The third-order valence-corrected chi connectivity index (χ3v) is 16.3. The van der Waals surface area contributed by atoms with E-state index in [1.807, 2.05) is 0 Å². The zero-order chi connectivity index (χ0) is 39.5. The average molecular weight is 865 g/mol. The molecule has 28 nitrogen and oxygen atoms in total. The molecule has 6 rings (SSSR count). The summed E-state index contributed by atoms with van der Waals surface area (Å²) in [7, 11) is -25.1. The molecule has 54 heavy (non-hydrogen) atoms. The first-order chi connectivity index (χ1) is 25.1. The summed E-state index contributed by atoms with van der Waals surface area (Å²) in [4.78, 5) is 69.6. The van der Waals surface area contributed by atoms with E-state index in [1.54, 1.807) is 0 Å². The van der Waals surface area contributed by atoms with Gasteiger partial charge >= 0.3 is 0 Å². The Morgan fingerprint density at radius 3 is 1.43 bits per heavy atom. The van der Waals surface area contributed by atoms with E-state index in [0.717, 1.165) is 34.4 Å². The fourth-order valence-electron chi connectivity index (χ4n) is 5.21. The second-order valence-electron chi connectivity index (χ2n) is 11.3. The number of nitrogens with two attached hydrogens (primary N) is 2. The van der Waals surface area contributed by atoms with Crippen LogP contribution in [0, 0.1) is 0 Å². The van der Waals surface area contributed by atoms with Gasteiger partial charge in [0.15, 0.2) is 55.4 Å². The minimum absolute atomic E-state index is 0.0360. The number of ether oxygens (including phenoxy) is 2. The van der Waals surface area contributed by atoms with Crippen LogP contribution in [0.1, 0.15) is 12.5 Å². The number of aromatic nitrogens is 8. The Morgan fingerprint density at radius 2 is 1.06 bits per heavy atom. The van der Waals surface area contributed by atoms with Crippen molar-refractivity contribution in [2.75, 3.05) is 24.7 Å². The lowest BCUT2D eigenvalue weighted by molar-refractivity contribution is -0.236. The molecule has 0 saturated carbocycles. The quantitative estimate of drug-likeness (QED) is 0.0516. The molecular weight excluding hydrogens is 840 g/mol. The summed E-state index contributed by atoms with van der Waals surface area (Å²) in [6.45, 7) is -2.43. The molecule has 33 heteroatoms. The van der Waals surface area contributed by atoms with Gasteiger partial charge in [0.1, 0.15) is 60.3 Å². The summed E-state index contributed by atoms with van der Waals surface area (Å²) in [6.07, 6.45) is -9.15. The van der Waals surface area contributed by atoms with E-state index in [4.69, 9.17) is 32.5 Å². The largest absolute Gasteiger partial charge is 0.777 e. The van der Waals surface area contributed by atoms with Gasteiger partial charge in [-0.1, -0.05) is 0 Å². The Hall–Kier alpha value is -2.65. The highest BCUT2D eigenvalue weighted by Gasteiger charge is 2.47. The van der Waals surface area contributed by atoms with Crippen LogP contribution in [0.4, 0.5) is 11.6 Å². The fourth-order valence-corrected chi connectivity index (χ4v) is 11.9. The van der Waals surface area contributed by atoms with Crippen LogP contribution < -0.4 is 31.0 Å². The third-order valence-electron chi connectivity index (χ3n) is 7.74. The van der Waals surface area contributed by atoms with E-state index >= 15 is 0 Å². The summed E-state index contributed by atoms with van der Waals surface area (Å²) >= 11 is 5.40. The standard InChI is InChI=1S/C21H29ClN10O18P4/c22-21(51(37,38)49-53(41,42)45-1-7-11(33)13(35)19(47-7)31-5-29-9-15(23)25-3-27-17(9)31)52(39,40)50-54(43,44)46-2-8-12(34)14(36)20(48-8)32-6-30-10-16(24)26-4-28-18(10)32/h3-8,11-14,19-21,33-36H,1-2H2,(H,37,38)(H,39,40)(H,41,42)(H,43,44)(H2,23,25,27)(H2,24,26,28)/p-4/t7-,8-,11-,12-,13-,14-,19-,20-/m1/s1. The highest BCUT2D eigenvalue weighted by atomic mass is 35.5. The molecule has 2 aliphatic rings. The number of imidazole rings is 2. The van der Waals surface area contributed by atoms with E-state index in [9.17, 15) is 58.3 Å². The van der Waals surface area contributed by atoms with Crippen LogP contribution >= 0.6 is 42.4 Å². The molecular formula is C21H25ClN10O18P4-4. The molecule has 0 bridgehead atoms. The zero-order valence-corrected chi connectivity index (χ0v) is 30.7. The number of aliphatic hydroxyl groups excluding tert-OH is 4. The summed E-state index contributed by atoms with van der Waals surface area (Å²) in [5.74, 6) is -0.0719. The van der Waals surface area contributed by atoms with Gasteiger partial charge in [-0.15, -0.1) is 11.6 Å². The predicted octanol–water partition coefficient (Wildman–Crippen LogP) is -4.30. The minimum Gasteiger partial charge on any atom is -0.777 e. The van der Waals surface area contributed by atoms with Crippen LogP contribution in [-0.4, -0.2) is 114 Å². The van der Waals surface area contributed by atoms with Gasteiger partial charge in [-0.2, -0.15) is 0 Å². The molecule has 2 saturated heterocycles. The Labute approximate surface area is 304 Å². The fraction of sp³-hybridized carbons (Fsp3) is 0.524. The van der Waals surface area contributed by atoms with Gasteiger partial charge in [0.2, 0.25) is 0 Å². The van der Waals surface area contributed by atoms with Gasteiger partial charge in [0.05, 0.1) is 25.9 Å². The van der Waals surface area contributed by atoms with E-state index in [0.29, 0.717) is 0 Å². The Bertz CT molecular complexity index is 2080. The topological polar surface area (TPSA) is 436 Å². The lowest BCUT2D eigenvalue weighted by atomic mass is 10.1. The number of fused-ring (bicyclic) bond motifs is 2. The number of hydrogen-bond donors (Lipinski definition) is 6. The van der Waals surface area contributed by atoms with Gasteiger partial charge in [-0.05, 0) is 0 Å². The predicted molar refractivity (Wildman–Crippen MR) is 165 cm³/mol. The number of nitrogen functional groups attached to an aromatic ring is 2. The van der Waals surface area contributed by atoms with Crippen molar-refractivity contribution < 1.29 is 85.4 Å². The second-order valence-corrected chi connectivity index (χ2v) is 19.6. The van der Waals surface area contributed by atoms with E-state index in [1.165, 1.54) is 0 Å². The van der Waals surface area contributed by atoms with Crippen LogP contribution in [-0.2, 0) is 45.4 Å². The number of anilines is 2. The van der Waals surface area contributed by atoms with E-state index in [2.05, 4.69) is 47.6 Å². The highest BCUT2D eigenvalue weighted by molar-refractivity contribution is 7.78. The molecule has 4 unspecified atom stereocenters. The summed E-state index contributed by atoms with van der Waals surface area (Å²) < 4.78 is 79.5. The number of hydrogen-bond acceptors (Lipinski definition) is 26. The molecule has 0 radical (unpaired) electrons. The second kappa shape index (κ2) is 15.0. The number of phosphoric ester groups is 2. The first-order valence-electron chi connectivity index (χ1n) is 14.6. The molecule has 298 valence electrons. The van der Waals surface area contributed by atoms with Crippen molar-refractivity contribution in [3.05, 3.63) is 25.3 Å². The molecule has 0 spiro atoms. The van der Waals surface area contributed by atoms with Crippen molar-refractivity contribution in [1.82, 2.24) is 39.0 Å². The maximum Gasteiger partial charge on any atom is 0.272 e. The number of phosphoric acid groups is 2. The van der Waals surface area contributed by atoms with Crippen LogP contribution in [0.25, 0.3) is 22.3 Å². The van der Waals surface area contributed by atoms with Crippen molar-refractivity contribution in [3.8, 4) is 0 Å². The third kappa shape index (κ3) is 8.10. The zero-order valence-electron chi connectivity index (χ0n) is 26.3. The van der Waals surface area contributed by atoms with E-state index in [-0.39, 0.29) is 34.0 Å². The first kappa shape index (κ1) is 41.0. The maximum atomic E-state index is 12.5. The summed E-state index contributed by atoms with van der Waals surface area (Å²) in [6, 6.07) is 0. The Kier molecular flexibility index (Phi) is 11.4. The molecule has 0 aromatic carbocycles. The molecule has 12 atom stereocenters. The lowest BCUT2D eigenvalue weighted by Gasteiger charge is -2.40. The lowest BCUT2D eigenvalue weighted by Crippen LogP contribution is -2.34. The molecule has 2 fully saturated rings. The average Bonchev–Trinajstić information content (AvgIpc) is 3.84. The normalized spacial score (nSPS) is 31.2. The summed E-state index contributed by atoms with van der Waals surface area (Å²) in [5, 5.41) is 41.8. The van der Waals surface area contributed by atoms with Crippen molar-refractivity contribution in [2.24, 2.45) is 0 Å². The SMILES string of the molecule is Nc1ncnc2c1ncn2[C@@H]1O[C@H](COP(=O)([O-])OP(=O)([O-])C(Cl)P(=O)([O-])OP(=O)([O-])OC[C@H]2O[C@@H](n3cnc4c(N)ncnc43)[C@H](O)[C@@H]2O)[C@@H](O)[C@H]1O. The Balaban J connectivity index is 1.04. The minimum atomic E-state index is -6.42. The van der Waals surface area contributed by atoms with Crippen LogP contribution in [0.5, 0.6) is 0 Å². The smallest absolute Gasteiger partial charge is 0.272 e. The number of rotatable bonds is 14. The molecule has 6 heterocycles. The summed E-state index contributed by atoms with van der Waals surface area (Å²) in [5.41, 5.74) is 11.7. The van der Waals surface area contributed by atoms with Gasteiger partial charge in [-0.25, -0.2) is 29.9 Å². The molecule has 4 aromatic rings. The molecule has 8 N–H and O–H groups in total. The van der Waals surface area contributed by atoms with Crippen molar-refractivity contribution in [2.45, 2.75) is 53.9 Å². The van der Waals surface area contributed by atoms with Gasteiger partial charge in [0, 0.05) is 0 Å². The van der Waals surface area contributed by atoms with Crippen LogP contribution in [0.2, 0.25) is 0 Å². The van der Waals surface area contributed by atoms with Crippen molar-refractivity contribution in [3.63, 3.8) is 0 Å².